The molecule has 2 aliphatic rings. The number of hydrogen-bond acceptors (Lipinski definition) is 9. The van der Waals surface area contributed by atoms with Gasteiger partial charge in [-0.3, -0.25) is 14.6 Å². The third-order valence-electron chi connectivity index (χ3n) is 7.68. The summed E-state index contributed by atoms with van der Waals surface area (Å²) in [5.74, 6) is -0.0784. The van der Waals surface area contributed by atoms with Gasteiger partial charge in [0.2, 0.25) is 5.75 Å². The first-order valence-corrected chi connectivity index (χ1v) is 15.6. The number of amides is 2. The molecule has 5 rings (SSSR count). The van der Waals surface area contributed by atoms with Crippen LogP contribution in [0.2, 0.25) is 5.02 Å². The molecule has 11 nitrogen and oxygen atoms in total. The van der Waals surface area contributed by atoms with E-state index in [1.54, 1.807) is 20.8 Å². The minimum Gasteiger partial charge on any atom is -0.485 e. The van der Waals surface area contributed by atoms with Crippen molar-refractivity contribution in [2.45, 2.75) is 46.0 Å². The van der Waals surface area contributed by atoms with E-state index in [9.17, 15) is 22.8 Å². The van der Waals surface area contributed by atoms with Crippen molar-refractivity contribution in [3.63, 3.8) is 0 Å². The van der Waals surface area contributed by atoms with Gasteiger partial charge in [-0.05, 0) is 63.2 Å². The Kier molecular flexibility index (Phi) is 10.1. The number of hydrogen-bond donors (Lipinski definition) is 2. The molecule has 252 valence electrons. The largest absolute Gasteiger partial charge is 0.485 e. The zero-order chi connectivity index (χ0) is 33.9. The topological polar surface area (TPSA) is 112 Å². The van der Waals surface area contributed by atoms with E-state index >= 15 is 0 Å². The molecule has 0 bridgehead atoms. The van der Waals surface area contributed by atoms with Crippen molar-refractivity contribution in [2.75, 3.05) is 61.4 Å². The fourth-order valence-corrected chi connectivity index (χ4v) is 5.44. The van der Waals surface area contributed by atoms with Gasteiger partial charge < -0.3 is 25.0 Å². The molecule has 2 aromatic carbocycles. The van der Waals surface area contributed by atoms with Crippen LogP contribution in [0.15, 0.2) is 42.7 Å². The molecule has 15 heteroatoms. The summed E-state index contributed by atoms with van der Waals surface area (Å²) >= 11 is 6.44. The van der Waals surface area contributed by atoms with E-state index in [4.69, 9.17) is 21.1 Å². The molecule has 0 atom stereocenters. The number of ether oxygens (including phenoxy) is 2. The van der Waals surface area contributed by atoms with Crippen LogP contribution in [0.1, 0.15) is 49.2 Å². The summed E-state index contributed by atoms with van der Waals surface area (Å²) in [6, 6.07) is 8.22. The average Bonchev–Trinajstić information content (AvgIpc) is 3.01. The van der Waals surface area contributed by atoms with Gasteiger partial charge in [0.25, 0.3) is 5.91 Å². The predicted molar refractivity (Wildman–Crippen MR) is 173 cm³/mol. The highest BCUT2D eigenvalue weighted by Crippen LogP contribution is 2.39. The van der Waals surface area contributed by atoms with E-state index in [1.807, 2.05) is 4.90 Å². The highest BCUT2D eigenvalue weighted by atomic mass is 35.5. The molecule has 0 radical (unpaired) electrons. The molecule has 0 unspecified atom stereocenters. The molecular formula is C32H37ClF3N7O4. The Balaban J connectivity index is 1.33. The number of nitrogens with one attached hydrogen (secondary N) is 2. The Morgan fingerprint density at radius 3 is 2.40 bits per heavy atom. The summed E-state index contributed by atoms with van der Waals surface area (Å²) in [6.45, 7) is 11.7. The molecule has 3 heterocycles. The van der Waals surface area contributed by atoms with Crippen LogP contribution in [0.5, 0.6) is 5.75 Å². The maximum atomic E-state index is 14.1. The van der Waals surface area contributed by atoms with Gasteiger partial charge in [-0.25, -0.2) is 14.8 Å². The molecule has 47 heavy (non-hydrogen) atoms. The summed E-state index contributed by atoms with van der Waals surface area (Å²) in [4.78, 5) is 40.1. The zero-order valence-corrected chi connectivity index (χ0v) is 27.3. The molecular weight excluding hydrogens is 639 g/mol. The summed E-state index contributed by atoms with van der Waals surface area (Å²) in [6.07, 6.45) is -3.96. The van der Waals surface area contributed by atoms with Gasteiger partial charge in [-0.2, -0.15) is 13.2 Å². The number of rotatable bonds is 7. The Bertz CT molecular complexity index is 1630. The molecule has 0 saturated carbocycles. The molecule has 2 amide bonds. The first-order chi connectivity index (χ1) is 22.2. The lowest BCUT2D eigenvalue weighted by Gasteiger charge is -2.34. The van der Waals surface area contributed by atoms with Gasteiger partial charge >= 0.3 is 12.3 Å². The van der Waals surface area contributed by atoms with E-state index in [1.165, 1.54) is 41.6 Å². The fraction of sp³-hybridized carbons (Fsp3) is 0.438. The normalized spacial score (nSPS) is 15.9. The number of carbonyl (C=O) groups is 2. The third-order valence-corrected chi connectivity index (χ3v) is 8.01. The predicted octanol–water partition coefficient (Wildman–Crippen LogP) is 6.42. The van der Waals surface area contributed by atoms with E-state index in [0.717, 1.165) is 25.7 Å². The second-order valence-corrected chi connectivity index (χ2v) is 12.6. The molecule has 0 spiro atoms. The van der Waals surface area contributed by atoms with E-state index in [-0.39, 0.29) is 64.6 Å². The van der Waals surface area contributed by atoms with Crippen molar-refractivity contribution in [3.05, 3.63) is 64.4 Å². The number of fused-ring (bicyclic) bond motifs is 1. The van der Waals surface area contributed by atoms with Crippen LogP contribution < -0.4 is 20.3 Å². The zero-order valence-electron chi connectivity index (χ0n) is 26.6. The van der Waals surface area contributed by atoms with Gasteiger partial charge in [0.05, 0.1) is 22.8 Å². The molecule has 1 aromatic heterocycles. The lowest BCUT2D eigenvalue weighted by molar-refractivity contribution is -0.138. The number of benzene rings is 2. The van der Waals surface area contributed by atoms with Crippen LogP contribution >= 0.6 is 11.6 Å². The fourth-order valence-electron chi connectivity index (χ4n) is 5.27. The number of piperazine rings is 1. The lowest BCUT2D eigenvalue weighted by Crippen LogP contribution is -2.45. The Morgan fingerprint density at radius 1 is 1.00 bits per heavy atom. The number of anilines is 4. The van der Waals surface area contributed by atoms with E-state index in [0.29, 0.717) is 13.1 Å². The number of alkyl halides is 3. The van der Waals surface area contributed by atoms with Crippen LogP contribution in [0.3, 0.4) is 0 Å². The number of halogens is 4. The van der Waals surface area contributed by atoms with Crippen LogP contribution in [-0.2, 0) is 17.5 Å². The Hall–Kier alpha value is -4.14. The summed E-state index contributed by atoms with van der Waals surface area (Å²) in [5.41, 5.74) is -0.958. The third kappa shape index (κ3) is 8.42. The molecule has 2 N–H and O–H groups in total. The number of carbonyl (C=O) groups excluding carboxylic acids is 2. The lowest BCUT2D eigenvalue weighted by atomic mass is 10.0. The van der Waals surface area contributed by atoms with Gasteiger partial charge in [0.15, 0.2) is 11.6 Å². The van der Waals surface area contributed by atoms with Gasteiger partial charge in [0, 0.05) is 44.0 Å². The van der Waals surface area contributed by atoms with E-state index < -0.39 is 29.3 Å². The highest BCUT2D eigenvalue weighted by molar-refractivity contribution is 6.33. The van der Waals surface area contributed by atoms with Crippen molar-refractivity contribution >= 4 is 46.6 Å². The monoisotopic (exact) mass is 675 g/mol. The van der Waals surface area contributed by atoms with Gasteiger partial charge in [-0.15, -0.1) is 0 Å². The first-order valence-electron chi connectivity index (χ1n) is 15.2. The average molecular weight is 676 g/mol. The second kappa shape index (κ2) is 13.9. The number of nitrogens with zero attached hydrogens (tertiary/aromatic N) is 5. The molecule has 0 aliphatic carbocycles. The quantitative estimate of drug-likeness (QED) is 0.293. The van der Waals surface area contributed by atoms with Crippen molar-refractivity contribution < 1.29 is 32.2 Å². The molecule has 1 saturated heterocycles. The maximum Gasteiger partial charge on any atom is 0.416 e. The van der Waals surface area contributed by atoms with Gasteiger partial charge in [-0.1, -0.05) is 24.6 Å². The number of likely N-dealkylation sites (N-methyl/N-ethyl adjacent to an activating group) is 1. The first kappa shape index (κ1) is 34.2. The van der Waals surface area contributed by atoms with E-state index in [2.05, 4.69) is 32.4 Å². The van der Waals surface area contributed by atoms with Gasteiger partial charge in [0.1, 0.15) is 18.5 Å². The van der Waals surface area contributed by atoms with Crippen LogP contribution in [0, 0.1) is 0 Å². The van der Waals surface area contributed by atoms with Crippen LogP contribution in [0.25, 0.3) is 0 Å². The highest BCUT2D eigenvalue weighted by Gasteiger charge is 2.35. The van der Waals surface area contributed by atoms with Crippen molar-refractivity contribution in [3.8, 4) is 5.75 Å². The Labute approximate surface area is 276 Å². The van der Waals surface area contributed by atoms with Crippen molar-refractivity contribution in [1.29, 1.82) is 0 Å². The number of aromatic nitrogens is 2. The molecule has 2 aliphatic heterocycles. The smallest absolute Gasteiger partial charge is 0.416 e. The summed E-state index contributed by atoms with van der Waals surface area (Å²) in [5, 5.41) is 5.83. The van der Waals surface area contributed by atoms with Crippen LogP contribution in [0.4, 0.5) is 41.0 Å². The Morgan fingerprint density at radius 2 is 1.72 bits per heavy atom. The second-order valence-electron chi connectivity index (χ2n) is 12.2. The van der Waals surface area contributed by atoms with Crippen molar-refractivity contribution in [2.24, 2.45) is 0 Å². The molecule has 3 aromatic rings. The minimum atomic E-state index is -4.60. The van der Waals surface area contributed by atoms with Crippen LogP contribution in [-0.4, -0.2) is 83.2 Å². The SMILES string of the molecule is CCN1CCN(Cc2ccc(NC(=O)c3ccc(Cl)c(Nc4ncnc5c4OCCN5C(=O)OC(C)(C)C)c3)cc2C(F)(F)F)CC1. The maximum absolute atomic E-state index is 14.1. The summed E-state index contributed by atoms with van der Waals surface area (Å²) < 4.78 is 53.6. The minimum absolute atomic E-state index is 0.00633. The summed E-state index contributed by atoms with van der Waals surface area (Å²) in [7, 11) is 0. The standard InChI is InChI=1S/C32H37ClF3N7O4/c1-5-41-10-12-42(13-11-41)18-21-6-8-22(17-23(21)32(34,35)36)39-29(44)20-7-9-24(33)25(16-20)40-27-26-28(38-19-37-27)43(14-15-46-26)30(45)47-31(2,3)4/h6-9,16-17,19H,5,10-15,18H2,1-4H3,(H,39,44)(H,37,38,40). The molecule has 1 fully saturated rings. The van der Waals surface area contributed by atoms with Crippen molar-refractivity contribution in [1.82, 2.24) is 19.8 Å².